The fourth-order valence-corrected chi connectivity index (χ4v) is 2.02. The summed E-state index contributed by atoms with van der Waals surface area (Å²) in [5, 5.41) is 13.6. The summed E-state index contributed by atoms with van der Waals surface area (Å²) in [6, 6.07) is 9.83. The first-order valence-corrected chi connectivity index (χ1v) is 6.59. The fourth-order valence-electron chi connectivity index (χ4n) is 2.02. The quantitative estimate of drug-likeness (QED) is 0.867. The molecule has 1 aromatic carbocycles. The molecule has 102 valence electrons. The maximum Gasteiger partial charge on any atom is 0.117 e. The Kier molecular flexibility index (Phi) is 4.40. The summed E-state index contributed by atoms with van der Waals surface area (Å²) in [4.78, 5) is 0. The van der Waals surface area contributed by atoms with Gasteiger partial charge in [0.15, 0.2) is 0 Å². The van der Waals surface area contributed by atoms with Crippen LogP contribution in [0.5, 0.6) is 0 Å². The molecule has 0 radical (unpaired) electrons. The minimum absolute atomic E-state index is 0.0350. The molecule has 19 heavy (non-hydrogen) atoms. The highest BCUT2D eigenvalue weighted by Crippen LogP contribution is 2.20. The van der Waals surface area contributed by atoms with E-state index in [2.05, 4.69) is 19.2 Å². The van der Waals surface area contributed by atoms with Gasteiger partial charge in [-0.1, -0.05) is 18.2 Å². The van der Waals surface area contributed by atoms with E-state index in [1.807, 2.05) is 37.3 Å². The second-order valence-electron chi connectivity index (χ2n) is 5.04. The van der Waals surface area contributed by atoms with Gasteiger partial charge in [0.2, 0.25) is 0 Å². The Morgan fingerprint density at radius 1 is 1.21 bits per heavy atom. The normalized spacial score (nSPS) is 14.3. The number of hydrogen-bond donors (Lipinski definition) is 2. The Morgan fingerprint density at radius 2 is 2.00 bits per heavy atom. The highest BCUT2D eigenvalue weighted by Gasteiger charge is 2.16. The smallest absolute Gasteiger partial charge is 0.117 e. The van der Waals surface area contributed by atoms with E-state index in [1.54, 1.807) is 6.26 Å². The Hall–Kier alpha value is -1.58. The highest BCUT2D eigenvalue weighted by molar-refractivity contribution is 5.31. The summed E-state index contributed by atoms with van der Waals surface area (Å²) in [5.41, 5.74) is 3.39. The van der Waals surface area contributed by atoms with E-state index in [1.165, 1.54) is 11.1 Å². The molecule has 2 unspecified atom stereocenters. The third-order valence-corrected chi connectivity index (χ3v) is 3.52. The molecule has 0 aliphatic heterocycles. The van der Waals surface area contributed by atoms with Gasteiger partial charge in [-0.05, 0) is 49.6 Å². The number of hydrogen-bond acceptors (Lipinski definition) is 3. The summed E-state index contributed by atoms with van der Waals surface area (Å²) >= 11 is 0. The molecule has 1 heterocycles. The molecule has 0 bridgehead atoms. The topological polar surface area (TPSA) is 45.4 Å². The van der Waals surface area contributed by atoms with Crippen LogP contribution >= 0.6 is 0 Å². The Bertz CT molecular complexity index is 520. The summed E-state index contributed by atoms with van der Waals surface area (Å²) in [5.74, 6) is 0.874. The molecule has 1 aromatic heterocycles. The van der Waals surface area contributed by atoms with E-state index in [9.17, 15) is 5.11 Å². The van der Waals surface area contributed by atoms with Crippen molar-refractivity contribution in [3.05, 3.63) is 59.0 Å². The summed E-state index contributed by atoms with van der Waals surface area (Å²) in [6.45, 7) is 6.73. The van der Waals surface area contributed by atoms with Gasteiger partial charge in [0.25, 0.3) is 0 Å². The van der Waals surface area contributed by atoms with Crippen molar-refractivity contribution in [2.24, 2.45) is 0 Å². The van der Waals surface area contributed by atoms with Crippen molar-refractivity contribution in [2.75, 3.05) is 0 Å². The SMILES string of the molecule is Cc1ccc(C(O)C(C)NCc2ccco2)cc1C. The van der Waals surface area contributed by atoms with E-state index >= 15 is 0 Å². The minimum Gasteiger partial charge on any atom is -0.468 e. The zero-order chi connectivity index (χ0) is 13.8. The fraction of sp³-hybridized carbons (Fsp3) is 0.375. The lowest BCUT2D eigenvalue weighted by Gasteiger charge is -2.21. The predicted molar refractivity (Wildman–Crippen MR) is 75.9 cm³/mol. The number of aryl methyl sites for hydroxylation is 2. The molecule has 2 rings (SSSR count). The number of benzene rings is 1. The molecule has 0 amide bonds. The molecule has 0 aliphatic rings. The van der Waals surface area contributed by atoms with Crippen molar-refractivity contribution in [1.82, 2.24) is 5.32 Å². The lowest BCUT2D eigenvalue weighted by molar-refractivity contribution is 0.134. The van der Waals surface area contributed by atoms with Gasteiger partial charge < -0.3 is 14.8 Å². The molecule has 2 aromatic rings. The van der Waals surface area contributed by atoms with Crippen LogP contribution < -0.4 is 5.32 Å². The van der Waals surface area contributed by atoms with Gasteiger partial charge in [0.1, 0.15) is 5.76 Å². The maximum atomic E-state index is 10.3. The lowest BCUT2D eigenvalue weighted by Crippen LogP contribution is -2.31. The number of aliphatic hydroxyl groups is 1. The molecule has 0 saturated carbocycles. The first-order valence-electron chi connectivity index (χ1n) is 6.59. The van der Waals surface area contributed by atoms with Gasteiger partial charge in [-0.2, -0.15) is 0 Å². The maximum absolute atomic E-state index is 10.3. The lowest BCUT2D eigenvalue weighted by atomic mass is 9.99. The molecule has 3 nitrogen and oxygen atoms in total. The third-order valence-electron chi connectivity index (χ3n) is 3.52. The molecular formula is C16H21NO2. The Morgan fingerprint density at radius 3 is 2.63 bits per heavy atom. The predicted octanol–water partition coefficient (Wildman–Crippen LogP) is 3.11. The van der Waals surface area contributed by atoms with Crippen LogP contribution in [0.2, 0.25) is 0 Å². The number of rotatable bonds is 5. The number of aliphatic hydroxyl groups excluding tert-OH is 1. The molecule has 0 spiro atoms. The first-order chi connectivity index (χ1) is 9.08. The van der Waals surface area contributed by atoms with E-state index in [0.717, 1.165) is 11.3 Å². The minimum atomic E-state index is -0.519. The van der Waals surface area contributed by atoms with Crippen LogP contribution in [0.3, 0.4) is 0 Å². The molecule has 2 N–H and O–H groups in total. The summed E-state index contributed by atoms with van der Waals surface area (Å²) in [6.07, 6.45) is 1.14. The number of nitrogens with one attached hydrogen (secondary N) is 1. The van der Waals surface area contributed by atoms with E-state index < -0.39 is 6.10 Å². The second-order valence-corrected chi connectivity index (χ2v) is 5.04. The third kappa shape index (κ3) is 3.46. The number of furan rings is 1. The van der Waals surface area contributed by atoms with Crippen LogP contribution in [0, 0.1) is 13.8 Å². The second kappa shape index (κ2) is 6.04. The summed E-state index contributed by atoms with van der Waals surface area (Å²) in [7, 11) is 0. The highest BCUT2D eigenvalue weighted by atomic mass is 16.3. The van der Waals surface area contributed by atoms with Crippen LogP contribution in [0.1, 0.15) is 35.5 Å². The van der Waals surface area contributed by atoms with E-state index in [4.69, 9.17) is 4.42 Å². The molecule has 0 saturated heterocycles. The zero-order valence-electron chi connectivity index (χ0n) is 11.7. The Balaban J connectivity index is 1.97. The first kappa shape index (κ1) is 13.8. The largest absolute Gasteiger partial charge is 0.468 e. The van der Waals surface area contributed by atoms with Gasteiger partial charge in [0.05, 0.1) is 18.9 Å². The van der Waals surface area contributed by atoms with Crippen molar-refractivity contribution >= 4 is 0 Å². The molecule has 2 atom stereocenters. The van der Waals surface area contributed by atoms with Crippen molar-refractivity contribution in [3.8, 4) is 0 Å². The van der Waals surface area contributed by atoms with Gasteiger partial charge in [-0.3, -0.25) is 0 Å². The monoisotopic (exact) mass is 259 g/mol. The molecule has 3 heteroatoms. The summed E-state index contributed by atoms with van der Waals surface area (Å²) < 4.78 is 5.26. The van der Waals surface area contributed by atoms with Crippen LogP contribution in [-0.2, 0) is 6.54 Å². The van der Waals surface area contributed by atoms with E-state index in [-0.39, 0.29) is 6.04 Å². The van der Waals surface area contributed by atoms with Crippen LogP contribution in [0.4, 0.5) is 0 Å². The molecule has 0 fully saturated rings. The van der Waals surface area contributed by atoms with Gasteiger partial charge in [-0.15, -0.1) is 0 Å². The average molecular weight is 259 g/mol. The molecule has 0 aliphatic carbocycles. The van der Waals surface area contributed by atoms with Gasteiger partial charge >= 0.3 is 0 Å². The van der Waals surface area contributed by atoms with Gasteiger partial charge in [-0.25, -0.2) is 0 Å². The Labute approximate surface area is 114 Å². The van der Waals surface area contributed by atoms with Crippen molar-refractivity contribution in [2.45, 2.75) is 39.5 Å². The van der Waals surface area contributed by atoms with Crippen LogP contribution in [-0.4, -0.2) is 11.1 Å². The standard InChI is InChI=1S/C16H21NO2/c1-11-6-7-14(9-12(11)2)16(18)13(3)17-10-15-5-4-8-19-15/h4-9,13,16-18H,10H2,1-3H3. The molecular weight excluding hydrogens is 238 g/mol. The zero-order valence-corrected chi connectivity index (χ0v) is 11.7. The van der Waals surface area contributed by atoms with E-state index in [0.29, 0.717) is 6.54 Å². The van der Waals surface area contributed by atoms with Crippen molar-refractivity contribution < 1.29 is 9.52 Å². The van der Waals surface area contributed by atoms with Crippen LogP contribution in [0.25, 0.3) is 0 Å². The van der Waals surface area contributed by atoms with Crippen molar-refractivity contribution in [1.29, 1.82) is 0 Å². The average Bonchev–Trinajstić information content (AvgIpc) is 2.91. The van der Waals surface area contributed by atoms with Crippen LogP contribution in [0.15, 0.2) is 41.0 Å². The van der Waals surface area contributed by atoms with Gasteiger partial charge in [0, 0.05) is 6.04 Å². The van der Waals surface area contributed by atoms with Crippen molar-refractivity contribution in [3.63, 3.8) is 0 Å².